The minimum atomic E-state index is -0.774. The molecule has 2 atom stereocenters. The van der Waals surface area contributed by atoms with Crippen molar-refractivity contribution in [1.29, 1.82) is 0 Å². The number of hydrogen-bond acceptors (Lipinski definition) is 1. The second kappa shape index (κ2) is 5.73. The minimum absolute atomic E-state index is 0.209. The third-order valence-corrected chi connectivity index (χ3v) is 4.67. The number of carboxylic acids is 1. The summed E-state index contributed by atoms with van der Waals surface area (Å²) in [5, 5.41) is 9.27. The van der Waals surface area contributed by atoms with Gasteiger partial charge >= 0.3 is 5.97 Å². The fraction of sp³-hybridized carbons (Fsp3) is 0.688. The molecule has 0 fully saturated rings. The molecule has 0 aromatic heterocycles. The zero-order chi connectivity index (χ0) is 13.9. The predicted octanol–water partition coefficient (Wildman–Crippen LogP) is 4.57. The van der Waals surface area contributed by atoms with Gasteiger partial charge in [-0.2, -0.15) is 0 Å². The van der Waals surface area contributed by atoms with Gasteiger partial charge in [-0.05, 0) is 44.9 Å². The van der Waals surface area contributed by atoms with Crippen molar-refractivity contribution in [3.05, 3.63) is 22.8 Å². The summed E-state index contributed by atoms with van der Waals surface area (Å²) < 4.78 is 0. The molecule has 2 heteroatoms. The molecule has 102 valence electrons. The monoisotopic (exact) mass is 250 g/mol. The lowest BCUT2D eigenvalue weighted by Gasteiger charge is -2.42. The average Bonchev–Trinajstić information content (AvgIpc) is 2.33. The van der Waals surface area contributed by atoms with Gasteiger partial charge in [-0.1, -0.05) is 38.0 Å². The van der Waals surface area contributed by atoms with E-state index in [-0.39, 0.29) is 5.41 Å². The van der Waals surface area contributed by atoms with E-state index >= 15 is 0 Å². The van der Waals surface area contributed by atoms with Crippen molar-refractivity contribution >= 4 is 5.97 Å². The molecule has 1 rings (SSSR count). The number of carboxylic acid groups (broad SMARTS) is 1. The largest absolute Gasteiger partial charge is 0.478 e. The summed E-state index contributed by atoms with van der Waals surface area (Å²) in [5.41, 5.74) is 3.21. The third kappa shape index (κ3) is 2.68. The Morgan fingerprint density at radius 2 is 2.11 bits per heavy atom. The number of aliphatic carboxylic acids is 1. The maximum Gasteiger partial charge on any atom is 0.331 e. The molecule has 0 aromatic carbocycles. The Morgan fingerprint density at radius 3 is 2.56 bits per heavy atom. The Balaban J connectivity index is 3.32. The van der Waals surface area contributed by atoms with Crippen LogP contribution in [0, 0.1) is 11.3 Å². The van der Waals surface area contributed by atoms with Crippen LogP contribution in [0.15, 0.2) is 22.8 Å². The van der Waals surface area contributed by atoms with Crippen LogP contribution >= 0.6 is 0 Å². The van der Waals surface area contributed by atoms with E-state index in [0.29, 0.717) is 11.5 Å². The van der Waals surface area contributed by atoms with Gasteiger partial charge in [-0.25, -0.2) is 4.79 Å². The van der Waals surface area contributed by atoms with Crippen molar-refractivity contribution in [1.82, 2.24) is 0 Å². The maximum atomic E-state index is 11.3. The summed E-state index contributed by atoms with van der Waals surface area (Å²) in [6.45, 7) is 10.5. The normalized spacial score (nSPS) is 29.6. The zero-order valence-corrected chi connectivity index (χ0v) is 12.3. The Kier molecular flexibility index (Phi) is 4.78. The van der Waals surface area contributed by atoms with E-state index in [1.54, 1.807) is 6.92 Å². The second-order valence-corrected chi connectivity index (χ2v) is 5.74. The van der Waals surface area contributed by atoms with Gasteiger partial charge in [0, 0.05) is 11.5 Å². The van der Waals surface area contributed by atoms with Crippen molar-refractivity contribution in [3.8, 4) is 0 Å². The van der Waals surface area contributed by atoms with Crippen LogP contribution in [0.1, 0.15) is 60.3 Å². The highest BCUT2D eigenvalue weighted by atomic mass is 16.4. The van der Waals surface area contributed by atoms with Crippen molar-refractivity contribution < 1.29 is 9.90 Å². The summed E-state index contributed by atoms with van der Waals surface area (Å²) in [7, 11) is 0. The van der Waals surface area contributed by atoms with Crippen LogP contribution in [0.3, 0.4) is 0 Å². The molecule has 1 aliphatic rings. The van der Waals surface area contributed by atoms with Crippen LogP contribution in [0.25, 0.3) is 0 Å². The first-order valence-corrected chi connectivity index (χ1v) is 6.97. The van der Waals surface area contributed by atoms with Crippen LogP contribution in [-0.2, 0) is 4.79 Å². The van der Waals surface area contributed by atoms with Gasteiger partial charge in [-0.3, -0.25) is 0 Å². The van der Waals surface area contributed by atoms with Crippen LogP contribution in [-0.4, -0.2) is 11.1 Å². The number of allylic oxidation sites excluding steroid dienone is 3. The smallest absolute Gasteiger partial charge is 0.331 e. The average molecular weight is 250 g/mol. The molecule has 2 nitrogen and oxygen atoms in total. The lowest BCUT2D eigenvalue weighted by Crippen LogP contribution is -2.32. The van der Waals surface area contributed by atoms with Gasteiger partial charge in [0.05, 0.1) is 0 Å². The fourth-order valence-electron chi connectivity index (χ4n) is 3.34. The van der Waals surface area contributed by atoms with Crippen LogP contribution in [0.5, 0.6) is 0 Å². The maximum absolute atomic E-state index is 11.3. The van der Waals surface area contributed by atoms with Crippen LogP contribution < -0.4 is 0 Å². The standard InChI is InChI=1S/C16H26O2/c1-6-13(12(4)15(17)18)14-11(3)9-8-10-16(14,5)7-2/h9,14H,6-8,10H2,1-5H3,(H,17,18)/b13-12+. The summed E-state index contributed by atoms with van der Waals surface area (Å²) in [5.74, 6) is -0.471. The first-order chi connectivity index (χ1) is 8.37. The Bertz CT molecular complexity index is 390. The molecule has 0 saturated carbocycles. The lowest BCUT2D eigenvalue weighted by molar-refractivity contribution is -0.132. The van der Waals surface area contributed by atoms with Gasteiger partial charge in [-0.15, -0.1) is 0 Å². The molecule has 0 amide bonds. The molecule has 0 saturated heterocycles. The van der Waals surface area contributed by atoms with E-state index in [1.165, 1.54) is 5.57 Å². The Morgan fingerprint density at radius 1 is 1.50 bits per heavy atom. The molecule has 0 radical (unpaired) electrons. The quantitative estimate of drug-likeness (QED) is 0.586. The highest BCUT2D eigenvalue weighted by Gasteiger charge is 2.38. The van der Waals surface area contributed by atoms with Crippen LogP contribution in [0.4, 0.5) is 0 Å². The Labute approximate surface area is 111 Å². The van der Waals surface area contributed by atoms with Gasteiger partial charge < -0.3 is 5.11 Å². The summed E-state index contributed by atoms with van der Waals surface area (Å²) in [4.78, 5) is 11.3. The molecule has 0 heterocycles. The molecule has 0 spiro atoms. The zero-order valence-electron chi connectivity index (χ0n) is 12.3. The predicted molar refractivity (Wildman–Crippen MR) is 75.5 cm³/mol. The molecule has 1 aliphatic carbocycles. The van der Waals surface area contributed by atoms with E-state index in [0.717, 1.165) is 31.3 Å². The molecule has 0 aromatic rings. The minimum Gasteiger partial charge on any atom is -0.478 e. The summed E-state index contributed by atoms with van der Waals surface area (Å²) in [6.07, 6.45) is 6.48. The van der Waals surface area contributed by atoms with Crippen molar-refractivity contribution in [2.24, 2.45) is 11.3 Å². The number of rotatable bonds is 4. The van der Waals surface area contributed by atoms with E-state index in [4.69, 9.17) is 0 Å². The van der Waals surface area contributed by atoms with E-state index in [2.05, 4.69) is 33.8 Å². The lowest BCUT2D eigenvalue weighted by atomic mass is 9.62. The van der Waals surface area contributed by atoms with Crippen LogP contribution in [0.2, 0.25) is 0 Å². The van der Waals surface area contributed by atoms with Crippen molar-refractivity contribution in [2.45, 2.75) is 60.3 Å². The van der Waals surface area contributed by atoms with E-state index in [9.17, 15) is 9.90 Å². The van der Waals surface area contributed by atoms with Crippen molar-refractivity contribution in [3.63, 3.8) is 0 Å². The van der Waals surface area contributed by atoms with E-state index < -0.39 is 5.97 Å². The van der Waals surface area contributed by atoms with Crippen molar-refractivity contribution in [2.75, 3.05) is 0 Å². The number of carbonyl (C=O) groups is 1. The number of hydrogen-bond donors (Lipinski definition) is 1. The van der Waals surface area contributed by atoms with Gasteiger partial charge in [0.1, 0.15) is 0 Å². The molecule has 18 heavy (non-hydrogen) atoms. The second-order valence-electron chi connectivity index (χ2n) is 5.74. The highest BCUT2D eigenvalue weighted by Crippen LogP contribution is 2.48. The van der Waals surface area contributed by atoms with E-state index in [1.807, 2.05) is 0 Å². The summed E-state index contributed by atoms with van der Waals surface area (Å²) in [6, 6.07) is 0. The SMILES string of the molecule is CC/C(=C(/C)C(=O)O)C1C(C)=CCCC1(C)CC. The fourth-order valence-corrected chi connectivity index (χ4v) is 3.34. The molecule has 0 aliphatic heterocycles. The highest BCUT2D eigenvalue weighted by molar-refractivity contribution is 5.87. The molecule has 0 bridgehead atoms. The third-order valence-electron chi connectivity index (χ3n) is 4.67. The first-order valence-electron chi connectivity index (χ1n) is 6.97. The summed E-state index contributed by atoms with van der Waals surface area (Å²) >= 11 is 0. The van der Waals surface area contributed by atoms with Gasteiger partial charge in [0.15, 0.2) is 0 Å². The molecular formula is C16H26O2. The first kappa shape index (κ1) is 15.0. The molecule has 2 unspecified atom stereocenters. The topological polar surface area (TPSA) is 37.3 Å². The van der Waals surface area contributed by atoms with Gasteiger partial charge in [0.2, 0.25) is 0 Å². The molecule has 1 N–H and O–H groups in total. The Hall–Kier alpha value is -1.05. The van der Waals surface area contributed by atoms with Gasteiger partial charge in [0.25, 0.3) is 0 Å². The molecular weight excluding hydrogens is 224 g/mol.